The van der Waals surface area contributed by atoms with E-state index >= 15 is 0 Å². The molecule has 0 amide bonds. The number of nitrogens with zero attached hydrogens (tertiary/aromatic N) is 2. The Kier molecular flexibility index (Phi) is 5.30. The highest BCUT2D eigenvalue weighted by atomic mass is 16.4. The Bertz CT molecular complexity index is 1620. The van der Waals surface area contributed by atoms with Crippen LogP contribution in [0.4, 0.5) is 5.69 Å². The number of rotatable bonds is 5. The van der Waals surface area contributed by atoms with Crippen LogP contribution in [-0.4, -0.2) is 21.0 Å². The van der Waals surface area contributed by atoms with E-state index < -0.39 is 5.97 Å². The number of aromatic nitrogens is 2. The van der Waals surface area contributed by atoms with Crippen LogP contribution in [0.3, 0.4) is 0 Å². The van der Waals surface area contributed by atoms with E-state index in [-0.39, 0.29) is 17.0 Å². The molecule has 0 aliphatic carbocycles. The Morgan fingerprint density at radius 1 is 1.03 bits per heavy atom. The summed E-state index contributed by atoms with van der Waals surface area (Å²) in [5, 5.41) is 13.3. The quantitative estimate of drug-likeness (QED) is 0.359. The molecular weight excluding hydrogens is 430 g/mol. The van der Waals surface area contributed by atoms with Crippen molar-refractivity contribution in [1.29, 1.82) is 0 Å². The summed E-state index contributed by atoms with van der Waals surface area (Å²) in [6.45, 7) is 3.81. The Morgan fingerprint density at radius 2 is 1.85 bits per heavy atom. The van der Waals surface area contributed by atoms with E-state index in [1.165, 1.54) is 6.07 Å². The van der Waals surface area contributed by atoms with E-state index in [0.717, 1.165) is 16.6 Å². The van der Waals surface area contributed by atoms with Gasteiger partial charge in [-0.25, -0.2) is 9.78 Å². The number of anilines is 1. The lowest BCUT2D eigenvalue weighted by Gasteiger charge is -2.19. The fourth-order valence-corrected chi connectivity index (χ4v) is 4.08. The van der Waals surface area contributed by atoms with E-state index in [9.17, 15) is 14.7 Å². The smallest absolute Gasteiger partial charge is 0.337 e. The second-order valence-corrected chi connectivity index (χ2v) is 8.16. The van der Waals surface area contributed by atoms with Gasteiger partial charge in [0.2, 0.25) is 0 Å². The van der Waals surface area contributed by atoms with Crippen molar-refractivity contribution in [2.75, 3.05) is 5.32 Å². The van der Waals surface area contributed by atoms with Gasteiger partial charge in [-0.05, 0) is 61.9 Å². The van der Waals surface area contributed by atoms with Crippen LogP contribution in [0.15, 0.2) is 82.1 Å². The number of aryl methyl sites for hydroxylation is 1. The summed E-state index contributed by atoms with van der Waals surface area (Å²) in [5.41, 5.74) is 4.55. The lowest BCUT2D eigenvalue weighted by molar-refractivity contribution is 0.0698. The summed E-state index contributed by atoms with van der Waals surface area (Å²) in [6, 6.07) is 18.8. The SMILES string of the molecule is Cc1cc([C@@H](C)Nc2ccccc2C(=O)O)c2oc(-c3ccc4ncccc4n3)cc(=O)c2c1. The lowest BCUT2D eigenvalue weighted by Crippen LogP contribution is -2.12. The summed E-state index contributed by atoms with van der Waals surface area (Å²) in [5.74, 6) is -0.665. The maximum Gasteiger partial charge on any atom is 0.337 e. The number of benzene rings is 2. The molecule has 168 valence electrons. The van der Waals surface area contributed by atoms with Gasteiger partial charge in [-0.1, -0.05) is 18.2 Å². The van der Waals surface area contributed by atoms with Gasteiger partial charge in [0.1, 0.15) is 11.3 Å². The largest absolute Gasteiger partial charge is 0.478 e. The molecule has 0 radical (unpaired) electrons. The summed E-state index contributed by atoms with van der Waals surface area (Å²) < 4.78 is 6.26. The maximum absolute atomic E-state index is 13.1. The highest BCUT2D eigenvalue weighted by Gasteiger charge is 2.18. The van der Waals surface area contributed by atoms with Gasteiger partial charge >= 0.3 is 5.97 Å². The molecule has 5 aromatic rings. The van der Waals surface area contributed by atoms with Crippen LogP contribution in [0.1, 0.15) is 34.5 Å². The number of nitrogens with one attached hydrogen (secondary N) is 1. The molecule has 0 aliphatic rings. The maximum atomic E-state index is 13.1. The second-order valence-electron chi connectivity index (χ2n) is 8.16. The van der Waals surface area contributed by atoms with Gasteiger partial charge in [-0.2, -0.15) is 0 Å². The van der Waals surface area contributed by atoms with Crippen molar-refractivity contribution in [3.05, 3.63) is 99.8 Å². The van der Waals surface area contributed by atoms with Gasteiger partial charge < -0.3 is 14.8 Å². The Hall–Kier alpha value is -4.52. The molecule has 1 atom stereocenters. The van der Waals surface area contributed by atoms with Crippen LogP contribution in [0.25, 0.3) is 33.5 Å². The van der Waals surface area contributed by atoms with E-state index in [1.54, 1.807) is 48.7 Å². The van der Waals surface area contributed by atoms with Crippen LogP contribution < -0.4 is 10.7 Å². The molecule has 5 rings (SSSR count). The van der Waals surface area contributed by atoms with Crippen molar-refractivity contribution in [1.82, 2.24) is 9.97 Å². The zero-order valence-corrected chi connectivity index (χ0v) is 18.6. The zero-order chi connectivity index (χ0) is 23.8. The number of carbonyl (C=O) groups is 1. The predicted octanol–water partition coefficient (Wildman–Crippen LogP) is 5.58. The first kappa shape index (κ1) is 21.3. The van der Waals surface area contributed by atoms with Crippen molar-refractivity contribution in [3.8, 4) is 11.5 Å². The Labute approximate surface area is 194 Å². The topological polar surface area (TPSA) is 105 Å². The average molecular weight is 451 g/mol. The van der Waals surface area contributed by atoms with Gasteiger partial charge in [0, 0.05) is 23.5 Å². The first-order chi connectivity index (χ1) is 16.4. The van der Waals surface area contributed by atoms with Crippen molar-refractivity contribution in [3.63, 3.8) is 0 Å². The number of aromatic carboxylic acids is 1. The highest BCUT2D eigenvalue weighted by molar-refractivity contribution is 5.94. The van der Waals surface area contributed by atoms with E-state index in [4.69, 9.17) is 4.42 Å². The molecule has 3 heterocycles. The standard InChI is InChI=1S/C27H21N3O4/c1-15-12-18(16(2)29-20-7-4-3-6-17(20)27(32)33)26-19(13-15)24(31)14-25(34-26)23-10-9-21-22(30-23)8-5-11-28-21/h3-14,16,29H,1-2H3,(H,32,33)/t16-/m1/s1. The van der Waals surface area contributed by atoms with Crippen LogP contribution in [-0.2, 0) is 0 Å². The number of pyridine rings is 2. The summed E-state index contributed by atoms with van der Waals surface area (Å²) in [4.78, 5) is 33.6. The van der Waals surface area contributed by atoms with E-state index in [2.05, 4.69) is 15.3 Å². The first-order valence-electron chi connectivity index (χ1n) is 10.8. The third-order valence-corrected chi connectivity index (χ3v) is 5.71. The van der Waals surface area contributed by atoms with E-state index in [0.29, 0.717) is 33.6 Å². The van der Waals surface area contributed by atoms with Gasteiger partial charge in [0.05, 0.1) is 28.0 Å². The van der Waals surface area contributed by atoms with Crippen molar-refractivity contribution < 1.29 is 14.3 Å². The minimum Gasteiger partial charge on any atom is -0.478 e. The minimum atomic E-state index is -1.02. The molecule has 0 bridgehead atoms. The summed E-state index contributed by atoms with van der Waals surface area (Å²) >= 11 is 0. The van der Waals surface area contributed by atoms with Crippen LogP contribution in [0.2, 0.25) is 0 Å². The zero-order valence-electron chi connectivity index (χ0n) is 18.6. The van der Waals surface area contributed by atoms with Gasteiger partial charge in [0.15, 0.2) is 11.2 Å². The third-order valence-electron chi connectivity index (χ3n) is 5.71. The fraction of sp³-hybridized carbons (Fsp3) is 0.111. The van der Waals surface area contributed by atoms with Crippen LogP contribution in [0.5, 0.6) is 0 Å². The molecule has 34 heavy (non-hydrogen) atoms. The minimum absolute atomic E-state index is 0.169. The van der Waals surface area contributed by atoms with Crippen molar-refractivity contribution >= 4 is 33.7 Å². The molecule has 0 fully saturated rings. The third kappa shape index (κ3) is 3.88. The number of para-hydroxylation sites is 1. The number of hydrogen-bond acceptors (Lipinski definition) is 6. The van der Waals surface area contributed by atoms with Crippen LogP contribution >= 0.6 is 0 Å². The predicted molar refractivity (Wildman–Crippen MR) is 131 cm³/mol. The molecule has 0 saturated carbocycles. The number of carboxylic acid groups (broad SMARTS) is 1. The number of carboxylic acids is 1. The molecule has 3 aromatic heterocycles. The summed E-state index contributed by atoms with van der Waals surface area (Å²) in [6.07, 6.45) is 1.70. The normalized spacial score (nSPS) is 12.1. The molecule has 0 aliphatic heterocycles. The first-order valence-corrected chi connectivity index (χ1v) is 10.8. The average Bonchev–Trinajstić information content (AvgIpc) is 2.83. The number of hydrogen-bond donors (Lipinski definition) is 2. The van der Waals surface area contributed by atoms with Gasteiger partial charge in [-0.15, -0.1) is 0 Å². The summed E-state index contributed by atoms with van der Waals surface area (Å²) in [7, 11) is 0. The Balaban J connectivity index is 1.64. The molecule has 2 aromatic carbocycles. The Morgan fingerprint density at radius 3 is 2.68 bits per heavy atom. The molecule has 0 saturated heterocycles. The van der Waals surface area contributed by atoms with Gasteiger partial charge in [0.25, 0.3) is 0 Å². The van der Waals surface area contributed by atoms with Crippen molar-refractivity contribution in [2.24, 2.45) is 0 Å². The fourth-order valence-electron chi connectivity index (χ4n) is 4.08. The molecular formula is C27H21N3O4. The van der Waals surface area contributed by atoms with Crippen molar-refractivity contribution in [2.45, 2.75) is 19.9 Å². The monoisotopic (exact) mass is 451 g/mol. The van der Waals surface area contributed by atoms with E-state index in [1.807, 2.05) is 32.0 Å². The molecule has 2 N–H and O–H groups in total. The van der Waals surface area contributed by atoms with Gasteiger partial charge in [-0.3, -0.25) is 9.78 Å². The molecule has 0 spiro atoms. The lowest BCUT2D eigenvalue weighted by atomic mass is 10.0. The molecule has 7 nitrogen and oxygen atoms in total. The molecule has 0 unspecified atom stereocenters. The van der Waals surface area contributed by atoms with Crippen LogP contribution in [0, 0.1) is 6.92 Å². The second kappa shape index (κ2) is 8.44. The highest BCUT2D eigenvalue weighted by Crippen LogP contribution is 2.31. The number of fused-ring (bicyclic) bond motifs is 2. The molecule has 7 heteroatoms.